The number of rotatable bonds is 5. The van der Waals surface area contributed by atoms with Gasteiger partial charge in [0.25, 0.3) is 6.34 Å². The molecular weight excluding hydrogens is 656 g/mol. The number of carbonyl (C=O) groups is 2. The molecule has 0 radical (unpaired) electrons. The van der Waals surface area contributed by atoms with Gasteiger partial charge in [0.15, 0.2) is 17.8 Å². The van der Waals surface area contributed by atoms with E-state index in [-0.39, 0.29) is 11.6 Å². The zero-order valence-corrected chi connectivity index (χ0v) is 27.0. The van der Waals surface area contributed by atoms with E-state index in [2.05, 4.69) is 53.6 Å². The van der Waals surface area contributed by atoms with E-state index in [1.165, 1.54) is 0 Å². The van der Waals surface area contributed by atoms with Crippen LogP contribution >= 0.6 is 15.9 Å². The molecule has 4 heterocycles. The number of hydrogen-bond donors (Lipinski definition) is 1. The van der Waals surface area contributed by atoms with Crippen LogP contribution in [0.1, 0.15) is 34.6 Å². The van der Waals surface area contributed by atoms with Crippen LogP contribution in [-0.2, 0) is 0 Å². The summed E-state index contributed by atoms with van der Waals surface area (Å²) >= 11 is 3.46. The summed E-state index contributed by atoms with van der Waals surface area (Å²) in [5.41, 5.74) is 8.03. The minimum Gasteiger partial charge on any atom is -0.306 e. The molecule has 1 aliphatic rings. The molecule has 230 valence electrons. The molecule has 47 heavy (non-hydrogen) atoms. The van der Waals surface area contributed by atoms with E-state index >= 15 is 0 Å². The molecule has 0 atom stereocenters. The molecule has 10 nitrogen and oxygen atoms in total. The SMILES string of the molecule is CC(=O)c1ccc2c(c1)ncn2-c1cccc(-n2ccnc2)c1.CC(=O)c1ccc2c(c1)ncn2-c1cccc(Br)c1.[C+]1=NC=CN1. The van der Waals surface area contributed by atoms with Crippen molar-refractivity contribution in [2.24, 2.45) is 4.99 Å². The molecule has 0 fully saturated rings. The number of aliphatic imine (C=N–C) groups is 1. The van der Waals surface area contributed by atoms with Crippen molar-refractivity contribution in [1.82, 2.24) is 34.0 Å². The van der Waals surface area contributed by atoms with E-state index in [0.717, 1.165) is 43.6 Å². The first kappa shape index (κ1) is 31.0. The fourth-order valence-corrected chi connectivity index (χ4v) is 5.29. The third-order valence-electron chi connectivity index (χ3n) is 7.27. The lowest BCUT2D eigenvalue weighted by atomic mass is 10.1. The van der Waals surface area contributed by atoms with Crippen molar-refractivity contribution in [2.45, 2.75) is 13.8 Å². The molecule has 0 amide bonds. The second-order valence-electron chi connectivity index (χ2n) is 10.4. The van der Waals surface area contributed by atoms with Crippen LogP contribution in [0.2, 0.25) is 0 Å². The Kier molecular flexibility index (Phi) is 9.19. The highest BCUT2D eigenvalue weighted by Crippen LogP contribution is 2.23. The van der Waals surface area contributed by atoms with Crippen LogP contribution in [0.3, 0.4) is 0 Å². The summed E-state index contributed by atoms with van der Waals surface area (Å²) in [6.45, 7) is 3.12. The van der Waals surface area contributed by atoms with Gasteiger partial charge in [-0.2, -0.15) is 5.32 Å². The van der Waals surface area contributed by atoms with Gasteiger partial charge in [-0.25, -0.2) is 15.0 Å². The summed E-state index contributed by atoms with van der Waals surface area (Å²) in [7, 11) is 0. The zero-order valence-electron chi connectivity index (χ0n) is 25.4. The summed E-state index contributed by atoms with van der Waals surface area (Å²) < 4.78 is 6.99. The first-order chi connectivity index (χ1) is 22.9. The van der Waals surface area contributed by atoms with Crippen molar-refractivity contribution < 1.29 is 9.59 Å². The van der Waals surface area contributed by atoms with Crippen molar-refractivity contribution >= 4 is 55.9 Å². The average molecular weight is 685 g/mol. The molecule has 1 aliphatic heterocycles. The maximum absolute atomic E-state index is 11.5. The molecule has 0 spiro atoms. The molecule has 0 saturated carbocycles. The first-order valence-corrected chi connectivity index (χ1v) is 15.3. The smallest absolute Gasteiger partial charge is 0.252 e. The van der Waals surface area contributed by atoms with E-state index in [1.54, 1.807) is 51.4 Å². The van der Waals surface area contributed by atoms with Crippen molar-refractivity contribution in [3.8, 4) is 17.1 Å². The molecule has 7 aromatic rings. The standard InChI is InChI=1S/C18H14N4O.C15H11BrN2O.C3H3N2/c1-13(23)14-5-6-18-17(9-14)20-12-22(18)16-4-2-3-15(10-16)21-8-7-19-11-21;1-10(19)11-5-6-15-14(7-11)17-9-18(15)13-4-2-3-12(16)8-13;1-2-5-3-4-1/h2-12H,1H3;2-9H,1H3;1-2H,(H,4,5)/q;;+1. The quantitative estimate of drug-likeness (QED) is 0.150. The fraction of sp³-hybridized carbons (Fsp3) is 0.0556. The normalized spacial score (nSPS) is 11.3. The molecule has 0 unspecified atom stereocenters. The molecule has 0 saturated heterocycles. The minimum atomic E-state index is 0.0450. The number of fused-ring (bicyclic) bond motifs is 2. The summed E-state index contributed by atoms with van der Waals surface area (Å²) in [4.78, 5) is 39.3. The van der Waals surface area contributed by atoms with Gasteiger partial charge in [0, 0.05) is 45.1 Å². The summed E-state index contributed by atoms with van der Waals surface area (Å²) in [6.07, 6.45) is 14.8. The number of hydrogen-bond acceptors (Lipinski definition) is 7. The Morgan fingerprint density at radius 2 is 1.32 bits per heavy atom. The topological polar surface area (TPSA) is 112 Å². The van der Waals surface area contributed by atoms with E-state index in [4.69, 9.17) is 0 Å². The van der Waals surface area contributed by atoms with Crippen LogP contribution in [0, 0.1) is 0 Å². The Bertz CT molecular complexity index is 2250. The van der Waals surface area contributed by atoms with Crippen molar-refractivity contribution in [2.75, 3.05) is 0 Å². The average Bonchev–Trinajstić information content (AvgIpc) is 3.92. The van der Waals surface area contributed by atoms with Crippen LogP contribution in [-0.4, -0.2) is 46.6 Å². The predicted octanol–water partition coefficient (Wildman–Crippen LogP) is 7.37. The van der Waals surface area contributed by atoms with Gasteiger partial charge < -0.3 is 4.57 Å². The van der Waals surface area contributed by atoms with Crippen molar-refractivity contribution in [1.29, 1.82) is 0 Å². The number of ketones is 2. The van der Waals surface area contributed by atoms with E-state index in [1.807, 2.05) is 98.8 Å². The van der Waals surface area contributed by atoms with Gasteiger partial charge in [-0.15, -0.1) is 0 Å². The van der Waals surface area contributed by atoms with Crippen LogP contribution in [0.5, 0.6) is 0 Å². The lowest BCUT2D eigenvalue weighted by molar-refractivity contribution is 0.100. The number of halogens is 1. The zero-order chi connectivity index (χ0) is 32.8. The molecule has 4 aromatic carbocycles. The third-order valence-corrected chi connectivity index (χ3v) is 7.76. The van der Waals surface area contributed by atoms with Gasteiger partial charge >= 0.3 is 0 Å². The van der Waals surface area contributed by atoms with Crippen LogP contribution < -0.4 is 5.32 Å². The van der Waals surface area contributed by atoms with Gasteiger partial charge in [-0.1, -0.05) is 28.1 Å². The number of nitrogens with one attached hydrogen (secondary N) is 1. The van der Waals surface area contributed by atoms with E-state index < -0.39 is 0 Å². The number of carbonyl (C=O) groups excluding carboxylic acids is 2. The molecule has 3 aromatic heterocycles. The van der Waals surface area contributed by atoms with Gasteiger partial charge in [0.2, 0.25) is 6.20 Å². The van der Waals surface area contributed by atoms with Gasteiger partial charge in [-0.3, -0.25) is 18.7 Å². The van der Waals surface area contributed by atoms with Crippen molar-refractivity contribution in [3.63, 3.8) is 0 Å². The highest BCUT2D eigenvalue weighted by Gasteiger charge is 2.09. The Balaban J connectivity index is 0.000000145. The molecule has 1 N–H and O–H groups in total. The highest BCUT2D eigenvalue weighted by molar-refractivity contribution is 9.10. The maximum atomic E-state index is 11.5. The lowest BCUT2D eigenvalue weighted by Crippen LogP contribution is -1.96. The molecule has 8 rings (SSSR count). The second-order valence-corrected chi connectivity index (χ2v) is 11.3. The number of imidazole rings is 3. The van der Waals surface area contributed by atoms with E-state index in [0.29, 0.717) is 11.1 Å². The Morgan fingerprint density at radius 1 is 0.723 bits per heavy atom. The van der Waals surface area contributed by atoms with E-state index in [9.17, 15) is 9.59 Å². The van der Waals surface area contributed by atoms with Crippen LogP contribution in [0.25, 0.3) is 39.1 Å². The summed E-state index contributed by atoms with van der Waals surface area (Å²) in [5.74, 6) is 0.0995. The first-order valence-electron chi connectivity index (χ1n) is 14.5. The third kappa shape index (κ3) is 7.12. The molecular formula is C36H28BrN8O2+. The molecule has 11 heteroatoms. The van der Waals surface area contributed by atoms with Crippen LogP contribution in [0.15, 0.2) is 138 Å². The van der Waals surface area contributed by atoms with Gasteiger partial charge in [0.05, 0.1) is 28.4 Å². The number of nitrogens with zero attached hydrogens (tertiary/aromatic N) is 7. The predicted molar refractivity (Wildman–Crippen MR) is 187 cm³/mol. The lowest BCUT2D eigenvalue weighted by Gasteiger charge is -2.08. The van der Waals surface area contributed by atoms with Crippen molar-refractivity contribution in [3.05, 3.63) is 144 Å². The maximum Gasteiger partial charge on any atom is 0.252 e. The fourth-order valence-electron chi connectivity index (χ4n) is 4.90. The highest BCUT2D eigenvalue weighted by atomic mass is 79.9. The monoisotopic (exact) mass is 683 g/mol. The number of benzene rings is 4. The number of Topliss-reactive ketones (excluding diaryl/α,β-unsaturated/α-hetero) is 2. The Morgan fingerprint density at radius 3 is 1.81 bits per heavy atom. The van der Waals surface area contributed by atoms with Gasteiger partial charge in [0.1, 0.15) is 12.7 Å². The second kappa shape index (κ2) is 13.9. The number of aromatic nitrogens is 6. The summed E-state index contributed by atoms with van der Waals surface area (Å²) in [5, 5.41) is 2.62. The minimum absolute atomic E-state index is 0.0450. The Labute approximate surface area is 278 Å². The Hall–Kier alpha value is -6.03. The molecule has 0 bridgehead atoms. The largest absolute Gasteiger partial charge is 0.306 e. The van der Waals surface area contributed by atoms with Gasteiger partial charge in [-0.05, 0) is 91.6 Å². The summed E-state index contributed by atoms with van der Waals surface area (Å²) in [6, 6.07) is 27.3. The molecule has 0 aliphatic carbocycles. The van der Waals surface area contributed by atoms with Crippen LogP contribution in [0.4, 0.5) is 0 Å².